The maximum atomic E-state index is 12.5. The number of benzene rings is 1. The van der Waals surface area contributed by atoms with Gasteiger partial charge in [0.15, 0.2) is 18.2 Å². The average Bonchev–Trinajstić information content (AvgIpc) is 3.43. The van der Waals surface area contributed by atoms with E-state index in [1.54, 1.807) is 6.07 Å². The number of hydrogen-bond acceptors (Lipinski definition) is 6. The van der Waals surface area contributed by atoms with Gasteiger partial charge in [-0.1, -0.05) is 39.0 Å². The summed E-state index contributed by atoms with van der Waals surface area (Å²) in [4.78, 5) is 19.2. The smallest absolute Gasteiger partial charge is 0.163 e. The van der Waals surface area contributed by atoms with Gasteiger partial charge in [0.05, 0.1) is 18.4 Å². The summed E-state index contributed by atoms with van der Waals surface area (Å²) >= 11 is 0. The number of aromatic hydroxyl groups is 1. The van der Waals surface area contributed by atoms with Crippen LogP contribution in [0.5, 0.6) is 11.5 Å². The molecule has 1 aliphatic carbocycles. The van der Waals surface area contributed by atoms with Crippen LogP contribution in [-0.4, -0.2) is 46.0 Å². The lowest BCUT2D eigenvalue weighted by atomic mass is 9.84. The monoisotopic (exact) mass is 492 g/mol. The van der Waals surface area contributed by atoms with E-state index in [1.807, 2.05) is 18.3 Å². The number of carbonyl (C=O) groups is 1. The van der Waals surface area contributed by atoms with Crippen LogP contribution in [0.1, 0.15) is 64.9 Å². The summed E-state index contributed by atoms with van der Waals surface area (Å²) in [6, 6.07) is 5.27. The second-order valence-electron chi connectivity index (χ2n) is 10.9. The average molecular weight is 493 g/mol. The summed E-state index contributed by atoms with van der Waals surface area (Å²) in [6.45, 7) is 7.67. The lowest BCUT2D eigenvalue weighted by molar-refractivity contribution is -0.121. The molecule has 0 spiro atoms. The maximum Gasteiger partial charge on any atom is 0.163 e. The third-order valence-corrected chi connectivity index (χ3v) is 7.44. The number of Topliss-reactive ketones (excluding diaryl/α,β-unsaturated/α-hetero) is 1. The minimum atomic E-state index is -0.613. The first-order valence-corrected chi connectivity index (χ1v) is 13.3. The van der Waals surface area contributed by atoms with Crippen molar-refractivity contribution in [1.29, 1.82) is 0 Å². The van der Waals surface area contributed by atoms with Gasteiger partial charge in [0.1, 0.15) is 5.78 Å². The summed E-state index contributed by atoms with van der Waals surface area (Å²) in [6.07, 6.45) is 12.7. The molecule has 2 aliphatic heterocycles. The van der Waals surface area contributed by atoms with Crippen LogP contribution in [0.3, 0.4) is 0 Å². The summed E-state index contributed by atoms with van der Waals surface area (Å²) < 4.78 is 6.05. The number of aliphatic hydroxyl groups is 1. The minimum absolute atomic E-state index is 0.0592. The van der Waals surface area contributed by atoms with Crippen molar-refractivity contribution in [3.05, 3.63) is 59.5 Å². The number of phenols is 1. The van der Waals surface area contributed by atoms with E-state index in [2.05, 4.69) is 48.9 Å². The number of fused-ring (bicyclic) bond motifs is 1. The highest BCUT2D eigenvalue weighted by Gasteiger charge is 2.28. The molecule has 0 fully saturated rings. The van der Waals surface area contributed by atoms with Crippen LogP contribution in [0.15, 0.2) is 58.9 Å². The van der Waals surface area contributed by atoms with Gasteiger partial charge in [0.2, 0.25) is 0 Å². The van der Waals surface area contributed by atoms with Crippen molar-refractivity contribution in [2.45, 2.75) is 71.8 Å². The second-order valence-corrected chi connectivity index (χ2v) is 10.9. The molecule has 3 aliphatic rings. The Hall–Kier alpha value is -2.86. The van der Waals surface area contributed by atoms with Crippen molar-refractivity contribution in [1.82, 2.24) is 4.90 Å². The van der Waals surface area contributed by atoms with Crippen LogP contribution in [0, 0.1) is 17.8 Å². The minimum Gasteiger partial charge on any atom is -0.504 e. The highest BCUT2D eigenvalue weighted by Crippen LogP contribution is 2.32. The van der Waals surface area contributed by atoms with Gasteiger partial charge < -0.3 is 19.8 Å². The Balaban J connectivity index is 1.30. The van der Waals surface area contributed by atoms with E-state index in [0.29, 0.717) is 43.7 Å². The van der Waals surface area contributed by atoms with E-state index in [0.717, 1.165) is 37.0 Å². The molecule has 3 unspecified atom stereocenters. The fourth-order valence-corrected chi connectivity index (χ4v) is 5.09. The molecule has 0 saturated heterocycles. The molecule has 1 aromatic carbocycles. The zero-order valence-electron chi connectivity index (χ0n) is 21.8. The number of hydrogen-bond donors (Lipinski definition) is 2. The number of aliphatic imine (C=N–C) groups is 1. The maximum absolute atomic E-state index is 12.5. The fraction of sp³-hybridized carbons (Fsp3) is 0.533. The summed E-state index contributed by atoms with van der Waals surface area (Å²) in [5.41, 5.74) is 4.46. The number of phenolic OH excluding ortho intramolecular Hbond substituents is 1. The van der Waals surface area contributed by atoms with Gasteiger partial charge in [0, 0.05) is 36.2 Å². The molecule has 0 radical (unpaired) electrons. The first-order chi connectivity index (χ1) is 17.3. The number of aliphatic hydroxyl groups excluding tert-OH is 1. The SMILES string of the molecule is CC(C)CCC1=C2C=CN=C2CN1COc1cc(CCC(=O)CC(O)C2C=CC(C)CC2)ccc1O. The molecular formula is C30H40N2O4. The zero-order valence-corrected chi connectivity index (χ0v) is 21.8. The molecule has 0 amide bonds. The first-order valence-electron chi connectivity index (χ1n) is 13.3. The molecule has 0 bridgehead atoms. The van der Waals surface area contributed by atoms with Crippen molar-refractivity contribution in [2.75, 3.05) is 13.3 Å². The van der Waals surface area contributed by atoms with Crippen LogP contribution in [0.2, 0.25) is 0 Å². The molecule has 6 nitrogen and oxygen atoms in total. The van der Waals surface area contributed by atoms with E-state index >= 15 is 0 Å². The van der Waals surface area contributed by atoms with Crippen LogP contribution >= 0.6 is 0 Å². The van der Waals surface area contributed by atoms with E-state index in [1.165, 1.54) is 11.3 Å². The standard InChI is InChI=1S/C30H40N2O4/c1-20(2)4-12-27-25-14-15-31-26(25)18-32(27)19-36-30-16-22(8-13-28(30)34)7-11-24(33)17-29(35)23-9-5-21(3)6-10-23/h5,8-9,13-16,20-21,23,29,34-35H,4,6-7,10-12,17-19H2,1-3H3. The number of aryl methyl sites for hydroxylation is 1. The second kappa shape index (κ2) is 11.9. The van der Waals surface area contributed by atoms with E-state index in [9.17, 15) is 15.0 Å². The number of ether oxygens (including phenoxy) is 1. The molecule has 3 atom stereocenters. The van der Waals surface area contributed by atoms with Crippen molar-refractivity contribution >= 4 is 11.5 Å². The number of ketones is 1. The molecule has 6 heteroatoms. The van der Waals surface area contributed by atoms with Gasteiger partial charge >= 0.3 is 0 Å². The molecule has 194 valence electrons. The van der Waals surface area contributed by atoms with Gasteiger partial charge in [0.25, 0.3) is 0 Å². The quantitative estimate of drug-likeness (QED) is 0.374. The highest BCUT2D eigenvalue weighted by molar-refractivity contribution is 6.08. The van der Waals surface area contributed by atoms with Crippen molar-refractivity contribution in [2.24, 2.45) is 22.7 Å². The predicted molar refractivity (Wildman–Crippen MR) is 143 cm³/mol. The lowest BCUT2D eigenvalue weighted by Crippen LogP contribution is -2.27. The van der Waals surface area contributed by atoms with Gasteiger partial charge in [-0.2, -0.15) is 0 Å². The van der Waals surface area contributed by atoms with Crippen LogP contribution in [0.25, 0.3) is 0 Å². The van der Waals surface area contributed by atoms with Crippen LogP contribution in [-0.2, 0) is 11.2 Å². The normalized spacial score (nSPS) is 21.8. The third-order valence-electron chi connectivity index (χ3n) is 7.44. The Labute approximate surface area is 215 Å². The predicted octanol–water partition coefficient (Wildman–Crippen LogP) is 5.56. The molecular weight excluding hydrogens is 452 g/mol. The van der Waals surface area contributed by atoms with E-state index in [4.69, 9.17) is 4.74 Å². The van der Waals surface area contributed by atoms with Crippen molar-refractivity contribution in [3.8, 4) is 11.5 Å². The Kier molecular flexibility index (Phi) is 8.68. The number of carbonyl (C=O) groups excluding carboxylic acids is 1. The van der Waals surface area contributed by atoms with E-state index in [-0.39, 0.29) is 23.9 Å². The summed E-state index contributed by atoms with van der Waals surface area (Å²) in [5, 5.41) is 20.9. The van der Waals surface area contributed by atoms with Gasteiger partial charge in [-0.25, -0.2) is 0 Å². The number of allylic oxidation sites excluding steroid dienone is 3. The highest BCUT2D eigenvalue weighted by atomic mass is 16.5. The zero-order chi connectivity index (χ0) is 25.7. The Bertz CT molecular complexity index is 1070. The first kappa shape index (κ1) is 26.2. The molecule has 0 aromatic heterocycles. The molecule has 0 saturated carbocycles. The Morgan fingerprint density at radius 3 is 2.81 bits per heavy atom. The topological polar surface area (TPSA) is 82.4 Å². The molecule has 36 heavy (non-hydrogen) atoms. The van der Waals surface area contributed by atoms with Gasteiger partial charge in [-0.05, 0) is 67.7 Å². The molecule has 2 heterocycles. The lowest BCUT2D eigenvalue weighted by Gasteiger charge is -2.24. The fourth-order valence-electron chi connectivity index (χ4n) is 5.09. The number of nitrogens with zero attached hydrogens (tertiary/aromatic N) is 2. The summed E-state index contributed by atoms with van der Waals surface area (Å²) in [7, 11) is 0. The van der Waals surface area contributed by atoms with Crippen LogP contribution < -0.4 is 4.74 Å². The molecule has 2 N–H and O–H groups in total. The largest absolute Gasteiger partial charge is 0.504 e. The van der Waals surface area contributed by atoms with Crippen LogP contribution in [0.4, 0.5) is 0 Å². The van der Waals surface area contributed by atoms with Crippen molar-refractivity contribution in [3.63, 3.8) is 0 Å². The van der Waals surface area contributed by atoms with E-state index < -0.39 is 6.10 Å². The summed E-state index contributed by atoms with van der Waals surface area (Å²) in [5.74, 6) is 1.80. The molecule has 4 rings (SSSR count). The Morgan fingerprint density at radius 1 is 1.22 bits per heavy atom. The Morgan fingerprint density at radius 2 is 2.06 bits per heavy atom. The molecule has 1 aromatic rings. The van der Waals surface area contributed by atoms with Crippen molar-refractivity contribution < 1.29 is 19.7 Å². The third kappa shape index (κ3) is 6.67. The van der Waals surface area contributed by atoms with Gasteiger partial charge in [-0.3, -0.25) is 9.79 Å². The number of rotatable bonds is 12. The van der Waals surface area contributed by atoms with Gasteiger partial charge in [-0.15, -0.1) is 0 Å².